The maximum Gasteiger partial charge on any atom is 0.358 e. The van der Waals surface area contributed by atoms with E-state index in [1.54, 1.807) is 23.1 Å². The Hall–Kier alpha value is -2.95. The fraction of sp³-hybridized carbons (Fsp3) is 0.0625. The van der Waals surface area contributed by atoms with Crippen LogP contribution in [0.3, 0.4) is 0 Å². The molecule has 3 aromatic rings. The number of pyridine rings is 1. The molecule has 104 valence electrons. The van der Waals surface area contributed by atoms with Crippen molar-refractivity contribution in [2.24, 2.45) is 0 Å². The van der Waals surface area contributed by atoms with Crippen LogP contribution in [-0.4, -0.2) is 27.8 Å². The lowest BCUT2D eigenvalue weighted by Crippen LogP contribution is -2.04. The standard InChI is InChI=1S/C16H13N3O2/c1-21-16(20)14-11-15(12-5-3-2-4-6-12)19(18-14)13-7-9-17-10-8-13/h2-11H,1H3. The van der Waals surface area contributed by atoms with Crippen molar-refractivity contribution >= 4 is 5.97 Å². The molecule has 0 saturated heterocycles. The molecule has 0 radical (unpaired) electrons. The monoisotopic (exact) mass is 279 g/mol. The third kappa shape index (κ3) is 2.53. The van der Waals surface area contributed by atoms with Crippen LogP contribution in [-0.2, 0) is 4.74 Å². The van der Waals surface area contributed by atoms with Crippen LogP contribution in [0.25, 0.3) is 16.9 Å². The van der Waals surface area contributed by atoms with Crippen molar-refractivity contribution in [2.45, 2.75) is 0 Å². The molecule has 0 unspecified atom stereocenters. The van der Waals surface area contributed by atoms with Gasteiger partial charge in [-0.1, -0.05) is 30.3 Å². The summed E-state index contributed by atoms with van der Waals surface area (Å²) in [4.78, 5) is 15.7. The lowest BCUT2D eigenvalue weighted by molar-refractivity contribution is 0.0593. The van der Waals surface area contributed by atoms with Crippen LogP contribution >= 0.6 is 0 Å². The second kappa shape index (κ2) is 5.58. The summed E-state index contributed by atoms with van der Waals surface area (Å²) in [5.74, 6) is -0.458. The summed E-state index contributed by atoms with van der Waals surface area (Å²) in [6, 6.07) is 15.2. The topological polar surface area (TPSA) is 57.0 Å². The predicted molar refractivity (Wildman–Crippen MR) is 78.1 cm³/mol. The number of hydrogen-bond acceptors (Lipinski definition) is 4. The van der Waals surface area contributed by atoms with E-state index in [2.05, 4.69) is 10.1 Å². The molecule has 0 aliphatic carbocycles. The molecule has 0 fully saturated rings. The van der Waals surface area contributed by atoms with E-state index in [0.717, 1.165) is 16.9 Å². The van der Waals surface area contributed by atoms with Crippen LogP contribution in [0.5, 0.6) is 0 Å². The lowest BCUT2D eigenvalue weighted by Gasteiger charge is -2.06. The van der Waals surface area contributed by atoms with Crippen LogP contribution in [0, 0.1) is 0 Å². The molecule has 21 heavy (non-hydrogen) atoms. The summed E-state index contributed by atoms with van der Waals surface area (Å²) >= 11 is 0. The highest BCUT2D eigenvalue weighted by molar-refractivity contribution is 5.88. The molecule has 1 aromatic carbocycles. The zero-order valence-electron chi connectivity index (χ0n) is 11.4. The second-order valence-electron chi connectivity index (χ2n) is 4.39. The van der Waals surface area contributed by atoms with E-state index in [1.807, 2.05) is 42.5 Å². The number of nitrogens with zero attached hydrogens (tertiary/aromatic N) is 3. The molecule has 0 aliphatic heterocycles. The number of aromatic nitrogens is 3. The quantitative estimate of drug-likeness (QED) is 0.692. The maximum absolute atomic E-state index is 11.7. The van der Waals surface area contributed by atoms with Crippen molar-refractivity contribution in [3.8, 4) is 16.9 Å². The molecule has 0 spiro atoms. The Morgan fingerprint density at radius 3 is 2.48 bits per heavy atom. The zero-order valence-corrected chi connectivity index (χ0v) is 11.4. The minimum absolute atomic E-state index is 0.271. The van der Waals surface area contributed by atoms with E-state index < -0.39 is 5.97 Å². The van der Waals surface area contributed by atoms with E-state index in [1.165, 1.54) is 7.11 Å². The number of carbonyl (C=O) groups is 1. The number of ether oxygens (including phenoxy) is 1. The van der Waals surface area contributed by atoms with E-state index in [0.29, 0.717) is 0 Å². The number of benzene rings is 1. The van der Waals surface area contributed by atoms with Gasteiger partial charge in [0.1, 0.15) is 0 Å². The van der Waals surface area contributed by atoms with Gasteiger partial charge >= 0.3 is 5.97 Å². The first kappa shape index (κ1) is 13.1. The number of hydrogen-bond donors (Lipinski definition) is 0. The Balaban J connectivity index is 2.18. The zero-order chi connectivity index (χ0) is 14.7. The summed E-state index contributed by atoms with van der Waals surface area (Å²) in [6.07, 6.45) is 3.37. The third-order valence-electron chi connectivity index (χ3n) is 3.08. The van der Waals surface area contributed by atoms with Gasteiger partial charge in [-0.3, -0.25) is 4.98 Å². The second-order valence-corrected chi connectivity index (χ2v) is 4.39. The molecular weight excluding hydrogens is 266 g/mol. The van der Waals surface area contributed by atoms with Gasteiger partial charge in [0.2, 0.25) is 0 Å². The van der Waals surface area contributed by atoms with Gasteiger partial charge < -0.3 is 4.74 Å². The van der Waals surface area contributed by atoms with Crippen molar-refractivity contribution in [1.82, 2.24) is 14.8 Å². The van der Waals surface area contributed by atoms with Crippen LogP contribution < -0.4 is 0 Å². The molecule has 0 N–H and O–H groups in total. The van der Waals surface area contributed by atoms with Crippen LogP contribution in [0.4, 0.5) is 0 Å². The van der Waals surface area contributed by atoms with Gasteiger partial charge in [0.05, 0.1) is 18.5 Å². The Labute approximate surface area is 121 Å². The van der Waals surface area contributed by atoms with E-state index >= 15 is 0 Å². The predicted octanol–water partition coefficient (Wildman–Crippen LogP) is 2.72. The minimum Gasteiger partial charge on any atom is -0.464 e. The van der Waals surface area contributed by atoms with Crippen molar-refractivity contribution < 1.29 is 9.53 Å². The highest BCUT2D eigenvalue weighted by Gasteiger charge is 2.16. The van der Waals surface area contributed by atoms with Crippen molar-refractivity contribution in [3.63, 3.8) is 0 Å². The summed E-state index contributed by atoms with van der Waals surface area (Å²) in [5, 5.41) is 4.34. The molecule has 0 atom stereocenters. The van der Waals surface area contributed by atoms with Gasteiger partial charge in [0, 0.05) is 18.0 Å². The van der Waals surface area contributed by atoms with E-state index in [4.69, 9.17) is 4.74 Å². The average Bonchev–Trinajstić information content (AvgIpc) is 3.01. The maximum atomic E-state index is 11.7. The molecule has 2 heterocycles. The molecule has 0 saturated carbocycles. The van der Waals surface area contributed by atoms with Gasteiger partial charge in [-0.15, -0.1) is 0 Å². The SMILES string of the molecule is COC(=O)c1cc(-c2ccccc2)n(-c2ccncc2)n1. The fourth-order valence-corrected chi connectivity index (χ4v) is 2.08. The van der Waals surface area contributed by atoms with Crippen LogP contribution in [0.1, 0.15) is 10.5 Å². The first-order valence-electron chi connectivity index (χ1n) is 6.44. The highest BCUT2D eigenvalue weighted by Crippen LogP contribution is 2.23. The Kier molecular flexibility index (Phi) is 3.47. The van der Waals surface area contributed by atoms with Crippen molar-refractivity contribution in [1.29, 1.82) is 0 Å². The van der Waals surface area contributed by atoms with Gasteiger partial charge in [0.15, 0.2) is 5.69 Å². The molecular formula is C16H13N3O2. The molecule has 5 nitrogen and oxygen atoms in total. The Morgan fingerprint density at radius 2 is 1.81 bits per heavy atom. The summed E-state index contributed by atoms with van der Waals surface area (Å²) < 4.78 is 6.46. The Bertz CT molecular complexity index is 695. The average molecular weight is 279 g/mol. The van der Waals surface area contributed by atoms with Crippen molar-refractivity contribution in [3.05, 3.63) is 66.6 Å². The number of carbonyl (C=O) groups excluding carboxylic acids is 1. The Morgan fingerprint density at radius 1 is 1.10 bits per heavy atom. The number of rotatable bonds is 3. The largest absolute Gasteiger partial charge is 0.464 e. The van der Waals surface area contributed by atoms with Crippen molar-refractivity contribution in [2.75, 3.05) is 7.11 Å². The highest BCUT2D eigenvalue weighted by atomic mass is 16.5. The van der Waals surface area contributed by atoms with Gasteiger partial charge in [0.25, 0.3) is 0 Å². The van der Waals surface area contributed by atoms with Crippen LogP contribution in [0.15, 0.2) is 60.9 Å². The normalized spacial score (nSPS) is 10.3. The third-order valence-corrected chi connectivity index (χ3v) is 3.08. The smallest absolute Gasteiger partial charge is 0.358 e. The molecule has 0 amide bonds. The van der Waals surface area contributed by atoms with Gasteiger partial charge in [-0.25, -0.2) is 9.48 Å². The van der Waals surface area contributed by atoms with Crippen LogP contribution in [0.2, 0.25) is 0 Å². The molecule has 0 aliphatic rings. The first-order chi connectivity index (χ1) is 10.3. The summed E-state index contributed by atoms with van der Waals surface area (Å²) in [7, 11) is 1.34. The molecule has 5 heteroatoms. The lowest BCUT2D eigenvalue weighted by atomic mass is 10.1. The number of esters is 1. The van der Waals surface area contributed by atoms with E-state index in [-0.39, 0.29) is 5.69 Å². The minimum atomic E-state index is -0.458. The van der Waals surface area contributed by atoms with Gasteiger partial charge in [-0.2, -0.15) is 5.10 Å². The molecule has 2 aromatic heterocycles. The molecule has 3 rings (SSSR count). The van der Waals surface area contributed by atoms with Gasteiger partial charge in [-0.05, 0) is 18.2 Å². The first-order valence-corrected chi connectivity index (χ1v) is 6.44. The van der Waals surface area contributed by atoms with E-state index in [9.17, 15) is 4.79 Å². The summed E-state index contributed by atoms with van der Waals surface area (Å²) in [6.45, 7) is 0. The number of methoxy groups -OCH3 is 1. The summed E-state index contributed by atoms with van der Waals surface area (Å²) in [5.41, 5.74) is 2.89. The molecule has 0 bridgehead atoms. The fourth-order valence-electron chi connectivity index (χ4n) is 2.08.